The summed E-state index contributed by atoms with van der Waals surface area (Å²) in [7, 11) is 0. The lowest BCUT2D eigenvalue weighted by molar-refractivity contribution is 0.377. The van der Waals surface area contributed by atoms with E-state index in [0.29, 0.717) is 41.2 Å². The van der Waals surface area contributed by atoms with Crippen molar-refractivity contribution < 1.29 is 4.52 Å². The first-order chi connectivity index (χ1) is 11.7. The van der Waals surface area contributed by atoms with Gasteiger partial charge in [-0.05, 0) is 24.6 Å². The van der Waals surface area contributed by atoms with Gasteiger partial charge in [-0.2, -0.15) is 14.6 Å². The van der Waals surface area contributed by atoms with Crippen molar-refractivity contribution in [1.82, 2.24) is 30.0 Å². The van der Waals surface area contributed by atoms with Crippen molar-refractivity contribution in [2.24, 2.45) is 0 Å². The summed E-state index contributed by atoms with van der Waals surface area (Å²) in [5.41, 5.74) is 2.72. The molecule has 0 amide bonds. The van der Waals surface area contributed by atoms with Crippen molar-refractivity contribution in [3.8, 4) is 11.4 Å². The second kappa shape index (κ2) is 6.01. The van der Waals surface area contributed by atoms with E-state index in [4.69, 9.17) is 16.1 Å². The van der Waals surface area contributed by atoms with Crippen LogP contribution in [0.3, 0.4) is 0 Å². The third kappa shape index (κ3) is 2.74. The van der Waals surface area contributed by atoms with E-state index in [1.165, 1.54) is 0 Å². The number of nitrogens with zero attached hydrogens (tertiary/aromatic N) is 6. The largest absolute Gasteiger partial charge is 0.339 e. The molecular weight excluding hydrogens is 328 g/mol. The minimum Gasteiger partial charge on any atom is -0.339 e. The smallest absolute Gasteiger partial charge is 0.227 e. The molecule has 8 heteroatoms. The van der Waals surface area contributed by atoms with Crippen LogP contribution in [0.25, 0.3) is 17.0 Å². The molecule has 0 fully saturated rings. The third-order valence-corrected chi connectivity index (χ3v) is 3.91. The molecule has 1 aromatic carbocycles. The fourth-order valence-electron chi connectivity index (χ4n) is 2.48. The van der Waals surface area contributed by atoms with Gasteiger partial charge in [0.25, 0.3) is 0 Å². The van der Waals surface area contributed by atoms with E-state index in [1.807, 2.05) is 31.2 Å². The second-order valence-corrected chi connectivity index (χ2v) is 5.76. The van der Waals surface area contributed by atoms with E-state index < -0.39 is 0 Å². The zero-order chi connectivity index (χ0) is 16.5. The fraction of sp³-hybridized carbons (Fsp3) is 0.188. The Balaban J connectivity index is 1.54. The van der Waals surface area contributed by atoms with Gasteiger partial charge in [0.15, 0.2) is 11.5 Å². The van der Waals surface area contributed by atoms with E-state index in [0.717, 1.165) is 11.1 Å². The summed E-state index contributed by atoms with van der Waals surface area (Å²) in [4.78, 5) is 4.46. The summed E-state index contributed by atoms with van der Waals surface area (Å²) in [5, 5.41) is 16.8. The van der Waals surface area contributed by atoms with Crippen LogP contribution in [0.4, 0.5) is 0 Å². The van der Waals surface area contributed by atoms with Gasteiger partial charge in [-0.15, -0.1) is 10.2 Å². The van der Waals surface area contributed by atoms with Crippen LogP contribution in [0.1, 0.15) is 17.3 Å². The van der Waals surface area contributed by atoms with Crippen LogP contribution in [0, 0.1) is 6.92 Å². The molecule has 7 nitrogen and oxygen atoms in total. The molecule has 0 spiro atoms. The molecule has 0 aliphatic heterocycles. The lowest BCUT2D eigenvalue weighted by Crippen LogP contribution is -2.01. The molecule has 0 saturated carbocycles. The summed E-state index contributed by atoms with van der Waals surface area (Å²) in [6, 6.07) is 11.4. The number of halogens is 1. The number of hydrogen-bond acceptors (Lipinski definition) is 6. The maximum atomic E-state index is 5.92. The number of aryl methyl sites for hydroxylation is 3. The van der Waals surface area contributed by atoms with Gasteiger partial charge in [0.1, 0.15) is 5.15 Å². The van der Waals surface area contributed by atoms with Crippen LogP contribution in [-0.4, -0.2) is 30.0 Å². The average Bonchev–Trinajstić information content (AvgIpc) is 3.20. The predicted molar refractivity (Wildman–Crippen MR) is 87.7 cm³/mol. The Bertz CT molecular complexity index is 1010. The number of fused-ring (bicyclic) bond motifs is 1. The molecule has 0 aliphatic rings. The Morgan fingerprint density at radius 2 is 1.96 bits per heavy atom. The molecule has 24 heavy (non-hydrogen) atoms. The SMILES string of the molecule is Cc1ccccc1-c1noc(CCc2nnc3ccc(Cl)nn23)n1. The highest BCUT2D eigenvalue weighted by molar-refractivity contribution is 6.29. The first-order valence-electron chi connectivity index (χ1n) is 7.46. The van der Waals surface area contributed by atoms with Gasteiger partial charge in [0, 0.05) is 18.4 Å². The van der Waals surface area contributed by atoms with E-state index in [9.17, 15) is 0 Å². The van der Waals surface area contributed by atoms with Crippen LogP contribution < -0.4 is 0 Å². The molecule has 0 radical (unpaired) electrons. The van der Waals surface area contributed by atoms with Gasteiger partial charge in [-0.3, -0.25) is 0 Å². The number of rotatable bonds is 4. The van der Waals surface area contributed by atoms with Crippen LogP contribution in [0.15, 0.2) is 40.9 Å². The van der Waals surface area contributed by atoms with Crippen LogP contribution in [0.5, 0.6) is 0 Å². The highest BCUT2D eigenvalue weighted by Gasteiger charge is 2.13. The third-order valence-electron chi connectivity index (χ3n) is 3.71. The van der Waals surface area contributed by atoms with Crippen molar-refractivity contribution in [2.45, 2.75) is 19.8 Å². The zero-order valence-electron chi connectivity index (χ0n) is 12.8. The molecule has 0 aliphatic carbocycles. The Kier molecular flexibility index (Phi) is 3.70. The molecule has 120 valence electrons. The standard InChI is InChI=1S/C16H13ClN6O/c1-10-4-2-3-5-11(10)16-18-15(24-22-16)9-8-14-20-19-13-7-6-12(17)21-23(13)14/h2-7H,8-9H2,1H3. The molecule has 4 aromatic rings. The maximum Gasteiger partial charge on any atom is 0.227 e. The van der Waals surface area contributed by atoms with E-state index in [2.05, 4.69) is 25.4 Å². The molecular formula is C16H13ClN6O. The van der Waals surface area contributed by atoms with Gasteiger partial charge in [0.05, 0.1) is 0 Å². The van der Waals surface area contributed by atoms with Crippen LogP contribution in [-0.2, 0) is 12.8 Å². The van der Waals surface area contributed by atoms with Crippen molar-refractivity contribution in [2.75, 3.05) is 0 Å². The van der Waals surface area contributed by atoms with Crippen molar-refractivity contribution in [3.63, 3.8) is 0 Å². The normalized spacial score (nSPS) is 11.2. The molecule has 0 unspecified atom stereocenters. The predicted octanol–water partition coefficient (Wildman–Crippen LogP) is 2.92. The summed E-state index contributed by atoms with van der Waals surface area (Å²) < 4.78 is 6.97. The van der Waals surface area contributed by atoms with Gasteiger partial charge in [0.2, 0.25) is 11.7 Å². The first kappa shape index (κ1) is 14.8. The van der Waals surface area contributed by atoms with E-state index >= 15 is 0 Å². The first-order valence-corrected chi connectivity index (χ1v) is 7.84. The summed E-state index contributed by atoms with van der Waals surface area (Å²) in [6.07, 6.45) is 1.12. The Hall–Kier alpha value is -2.80. The molecule has 4 rings (SSSR count). The van der Waals surface area contributed by atoms with Crippen LogP contribution >= 0.6 is 11.6 Å². The summed E-state index contributed by atoms with van der Waals surface area (Å²) >= 11 is 5.92. The van der Waals surface area contributed by atoms with Gasteiger partial charge in [-0.1, -0.05) is 41.0 Å². The highest BCUT2D eigenvalue weighted by Crippen LogP contribution is 2.20. The molecule has 3 aromatic heterocycles. The van der Waals surface area contributed by atoms with Crippen molar-refractivity contribution in [3.05, 3.63) is 58.8 Å². The summed E-state index contributed by atoms with van der Waals surface area (Å²) in [5.74, 6) is 1.84. The molecule has 0 saturated heterocycles. The Labute approximate surface area is 142 Å². The molecule has 0 bridgehead atoms. The lowest BCUT2D eigenvalue weighted by Gasteiger charge is -1.98. The number of hydrogen-bond donors (Lipinski definition) is 0. The quantitative estimate of drug-likeness (QED) is 0.568. The minimum atomic E-state index is 0.392. The Morgan fingerprint density at radius 3 is 2.83 bits per heavy atom. The monoisotopic (exact) mass is 340 g/mol. The Morgan fingerprint density at radius 1 is 1.08 bits per heavy atom. The van der Waals surface area contributed by atoms with Crippen molar-refractivity contribution >= 4 is 17.2 Å². The van der Waals surface area contributed by atoms with E-state index in [-0.39, 0.29) is 0 Å². The molecule has 3 heterocycles. The van der Waals surface area contributed by atoms with Crippen LogP contribution in [0.2, 0.25) is 5.15 Å². The summed E-state index contributed by atoms with van der Waals surface area (Å²) in [6.45, 7) is 2.02. The van der Waals surface area contributed by atoms with Gasteiger partial charge < -0.3 is 4.52 Å². The zero-order valence-corrected chi connectivity index (χ0v) is 13.6. The minimum absolute atomic E-state index is 0.392. The average molecular weight is 341 g/mol. The van der Waals surface area contributed by atoms with Crippen molar-refractivity contribution in [1.29, 1.82) is 0 Å². The topological polar surface area (TPSA) is 82.0 Å². The van der Waals surface area contributed by atoms with E-state index in [1.54, 1.807) is 16.6 Å². The lowest BCUT2D eigenvalue weighted by atomic mass is 10.1. The van der Waals surface area contributed by atoms with Gasteiger partial charge in [-0.25, -0.2) is 0 Å². The van der Waals surface area contributed by atoms with Gasteiger partial charge >= 0.3 is 0 Å². The highest BCUT2D eigenvalue weighted by atomic mass is 35.5. The fourth-order valence-corrected chi connectivity index (χ4v) is 2.61. The molecule has 0 N–H and O–H groups in total. The number of aromatic nitrogens is 6. The number of benzene rings is 1. The molecule has 0 atom stereocenters. The second-order valence-electron chi connectivity index (χ2n) is 5.37. The maximum absolute atomic E-state index is 5.92.